The first kappa shape index (κ1) is 12.2. The van der Waals surface area contributed by atoms with Crippen LogP contribution >= 0.6 is 0 Å². The summed E-state index contributed by atoms with van der Waals surface area (Å²) in [5.74, 6) is 0.529. The van der Waals surface area contributed by atoms with E-state index in [1.54, 1.807) is 12.4 Å². The van der Waals surface area contributed by atoms with E-state index in [0.29, 0.717) is 5.82 Å². The molecule has 0 unspecified atom stereocenters. The fourth-order valence-corrected chi connectivity index (χ4v) is 1.75. The van der Waals surface area contributed by atoms with Crippen molar-refractivity contribution >= 4 is 12.2 Å². The van der Waals surface area contributed by atoms with Crippen molar-refractivity contribution in [2.45, 2.75) is 0 Å². The highest BCUT2D eigenvalue weighted by atomic mass is 15.1. The summed E-state index contributed by atoms with van der Waals surface area (Å²) in [7, 11) is 0. The van der Waals surface area contributed by atoms with E-state index in [-0.39, 0.29) is 0 Å². The van der Waals surface area contributed by atoms with E-state index in [0.717, 1.165) is 17.0 Å². The molecule has 0 saturated heterocycles. The predicted octanol–water partition coefficient (Wildman–Crippen LogP) is 3.10. The molecule has 0 amide bonds. The van der Waals surface area contributed by atoms with E-state index in [1.165, 1.54) is 0 Å². The first-order chi connectivity index (χ1) is 9.92. The molecule has 3 aromatic rings. The van der Waals surface area contributed by atoms with Gasteiger partial charge in [0.2, 0.25) is 5.82 Å². The monoisotopic (exact) mass is 260 g/mol. The van der Waals surface area contributed by atoms with Crippen molar-refractivity contribution in [2.24, 2.45) is 0 Å². The molecule has 96 valence electrons. The van der Waals surface area contributed by atoms with Gasteiger partial charge in [-0.15, -0.1) is 5.10 Å². The Morgan fingerprint density at radius 3 is 2.50 bits per heavy atom. The average Bonchev–Trinajstić information content (AvgIpc) is 2.55. The summed E-state index contributed by atoms with van der Waals surface area (Å²) in [5, 5.41) is 7.98. The fourth-order valence-electron chi connectivity index (χ4n) is 1.75. The van der Waals surface area contributed by atoms with Gasteiger partial charge in [-0.3, -0.25) is 4.98 Å². The summed E-state index contributed by atoms with van der Waals surface area (Å²) in [4.78, 5) is 8.65. The van der Waals surface area contributed by atoms with E-state index < -0.39 is 0 Å². The van der Waals surface area contributed by atoms with Crippen LogP contribution < -0.4 is 0 Å². The largest absolute Gasteiger partial charge is 0.253 e. The van der Waals surface area contributed by atoms with Crippen molar-refractivity contribution in [2.75, 3.05) is 0 Å². The van der Waals surface area contributed by atoms with Crippen molar-refractivity contribution in [1.29, 1.82) is 0 Å². The summed E-state index contributed by atoms with van der Waals surface area (Å²) < 4.78 is 0. The molecule has 4 nitrogen and oxygen atoms in total. The number of hydrogen-bond acceptors (Lipinski definition) is 4. The van der Waals surface area contributed by atoms with Gasteiger partial charge in [-0.05, 0) is 23.8 Å². The standard InChI is InChI=1S/C16H12N4/c1-2-6-13(7-3-1)9-10-14-12-18-20-16(19-14)15-8-4-5-11-17-15/h1-12H. The Kier molecular flexibility index (Phi) is 3.55. The molecule has 0 fully saturated rings. The van der Waals surface area contributed by atoms with Crippen LogP contribution in [0, 0.1) is 0 Å². The maximum atomic E-state index is 4.44. The first-order valence-corrected chi connectivity index (χ1v) is 6.26. The van der Waals surface area contributed by atoms with Gasteiger partial charge < -0.3 is 0 Å². The lowest BCUT2D eigenvalue weighted by Gasteiger charge is -1.98. The molecule has 0 radical (unpaired) electrons. The second kappa shape index (κ2) is 5.84. The first-order valence-electron chi connectivity index (χ1n) is 6.26. The van der Waals surface area contributed by atoms with E-state index in [9.17, 15) is 0 Å². The summed E-state index contributed by atoms with van der Waals surface area (Å²) >= 11 is 0. The van der Waals surface area contributed by atoms with Crippen LogP contribution in [0.5, 0.6) is 0 Å². The van der Waals surface area contributed by atoms with Gasteiger partial charge in [0.15, 0.2) is 0 Å². The van der Waals surface area contributed by atoms with Crippen LogP contribution in [-0.4, -0.2) is 20.2 Å². The second-order valence-electron chi connectivity index (χ2n) is 4.16. The molecule has 0 bridgehead atoms. The molecule has 0 spiro atoms. The topological polar surface area (TPSA) is 51.6 Å². The molecule has 3 rings (SSSR count). The normalized spacial score (nSPS) is 10.8. The lowest BCUT2D eigenvalue weighted by Crippen LogP contribution is -1.95. The zero-order valence-corrected chi connectivity index (χ0v) is 10.7. The van der Waals surface area contributed by atoms with Crippen LogP contribution in [0.1, 0.15) is 11.3 Å². The van der Waals surface area contributed by atoms with Gasteiger partial charge in [-0.1, -0.05) is 42.5 Å². The number of nitrogens with zero attached hydrogens (tertiary/aromatic N) is 4. The van der Waals surface area contributed by atoms with Crippen molar-refractivity contribution in [3.05, 3.63) is 72.2 Å². The predicted molar refractivity (Wildman–Crippen MR) is 78.4 cm³/mol. The van der Waals surface area contributed by atoms with E-state index in [4.69, 9.17) is 0 Å². The number of pyridine rings is 1. The molecule has 0 N–H and O–H groups in total. The molecular formula is C16H12N4. The third kappa shape index (κ3) is 2.92. The van der Waals surface area contributed by atoms with Gasteiger partial charge in [0.05, 0.1) is 11.9 Å². The maximum absolute atomic E-state index is 4.44. The summed E-state index contributed by atoms with van der Waals surface area (Å²) in [6.07, 6.45) is 7.25. The highest BCUT2D eigenvalue weighted by Crippen LogP contribution is 2.11. The molecule has 1 aromatic carbocycles. The minimum Gasteiger partial charge on any atom is -0.253 e. The van der Waals surface area contributed by atoms with Crippen molar-refractivity contribution < 1.29 is 0 Å². The number of hydrogen-bond donors (Lipinski definition) is 0. The zero-order valence-electron chi connectivity index (χ0n) is 10.7. The Labute approximate surface area is 116 Å². The molecule has 20 heavy (non-hydrogen) atoms. The Morgan fingerprint density at radius 1 is 0.850 bits per heavy atom. The quantitative estimate of drug-likeness (QED) is 0.726. The molecule has 2 heterocycles. The molecule has 4 heteroatoms. The molecule has 0 atom stereocenters. The van der Waals surface area contributed by atoms with Crippen molar-refractivity contribution in [3.63, 3.8) is 0 Å². The van der Waals surface area contributed by atoms with Gasteiger partial charge >= 0.3 is 0 Å². The van der Waals surface area contributed by atoms with Crippen LogP contribution in [0.15, 0.2) is 60.9 Å². The molecule has 0 aliphatic carbocycles. The smallest absolute Gasteiger partial charge is 0.200 e. The molecular weight excluding hydrogens is 248 g/mol. The van der Waals surface area contributed by atoms with Gasteiger partial charge in [0.25, 0.3) is 0 Å². The third-order valence-electron chi connectivity index (χ3n) is 2.72. The molecule has 0 aliphatic rings. The Hall–Kier alpha value is -2.88. The minimum absolute atomic E-state index is 0.529. The Balaban J connectivity index is 1.87. The highest BCUT2D eigenvalue weighted by molar-refractivity contribution is 5.68. The Bertz CT molecular complexity index is 709. The molecule has 2 aromatic heterocycles. The summed E-state index contributed by atoms with van der Waals surface area (Å²) in [6, 6.07) is 15.7. The van der Waals surface area contributed by atoms with Gasteiger partial charge in [0, 0.05) is 6.20 Å². The SMILES string of the molecule is C(=Cc1cnnc(-c2ccccn2)n1)c1ccccc1. The number of aromatic nitrogens is 4. The van der Waals surface area contributed by atoms with Crippen LogP contribution in [0.3, 0.4) is 0 Å². The Morgan fingerprint density at radius 2 is 1.70 bits per heavy atom. The number of benzene rings is 1. The lowest BCUT2D eigenvalue weighted by atomic mass is 10.2. The van der Waals surface area contributed by atoms with Crippen molar-refractivity contribution in [1.82, 2.24) is 20.2 Å². The van der Waals surface area contributed by atoms with E-state index in [2.05, 4.69) is 20.2 Å². The fraction of sp³-hybridized carbons (Fsp3) is 0. The average molecular weight is 260 g/mol. The molecule has 0 aliphatic heterocycles. The highest BCUT2D eigenvalue weighted by Gasteiger charge is 2.02. The molecule has 0 saturated carbocycles. The number of rotatable bonds is 3. The van der Waals surface area contributed by atoms with Gasteiger partial charge in [-0.2, -0.15) is 5.10 Å². The van der Waals surface area contributed by atoms with Crippen LogP contribution in [0.25, 0.3) is 23.7 Å². The zero-order chi connectivity index (χ0) is 13.6. The summed E-state index contributed by atoms with van der Waals surface area (Å²) in [6.45, 7) is 0. The summed E-state index contributed by atoms with van der Waals surface area (Å²) in [5.41, 5.74) is 2.59. The maximum Gasteiger partial charge on any atom is 0.200 e. The van der Waals surface area contributed by atoms with E-state index >= 15 is 0 Å². The van der Waals surface area contributed by atoms with Crippen LogP contribution in [0.4, 0.5) is 0 Å². The third-order valence-corrected chi connectivity index (χ3v) is 2.72. The van der Waals surface area contributed by atoms with Crippen LogP contribution in [-0.2, 0) is 0 Å². The van der Waals surface area contributed by atoms with Gasteiger partial charge in [0.1, 0.15) is 5.69 Å². The van der Waals surface area contributed by atoms with Crippen LogP contribution in [0.2, 0.25) is 0 Å². The lowest BCUT2D eigenvalue weighted by molar-refractivity contribution is 0.963. The second-order valence-corrected chi connectivity index (χ2v) is 4.16. The minimum atomic E-state index is 0.529. The van der Waals surface area contributed by atoms with Gasteiger partial charge in [-0.25, -0.2) is 4.98 Å². The van der Waals surface area contributed by atoms with Crippen molar-refractivity contribution in [3.8, 4) is 11.5 Å². The van der Waals surface area contributed by atoms with E-state index in [1.807, 2.05) is 60.7 Å².